The van der Waals surface area contributed by atoms with E-state index in [-0.39, 0.29) is 17.3 Å². The molecular weight excluding hydrogens is 264 g/mol. The third-order valence-electron chi connectivity index (χ3n) is 3.90. The third-order valence-corrected chi connectivity index (χ3v) is 5.12. The standard InChI is InChI=1S/C12H18N4O2S/c13-9-6-16(15-10(9)11(14)17)8-1-3-18-12(5-8)2-4-19-7-12/h6,8H,1-5,7,13H2,(H2,14,17). The highest BCUT2D eigenvalue weighted by molar-refractivity contribution is 7.99. The lowest BCUT2D eigenvalue weighted by Gasteiger charge is -2.37. The molecule has 0 aromatic carbocycles. The van der Waals surface area contributed by atoms with E-state index in [9.17, 15) is 4.79 Å². The van der Waals surface area contributed by atoms with Gasteiger partial charge in [0.1, 0.15) is 0 Å². The van der Waals surface area contributed by atoms with E-state index in [1.165, 1.54) is 0 Å². The van der Waals surface area contributed by atoms with Crippen molar-refractivity contribution in [2.24, 2.45) is 5.73 Å². The molecule has 104 valence electrons. The fraction of sp³-hybridized carbons (Fsp3) is 0.667. The summed E-state index contributed by atoms with van der Waals surface area (Å²) >= 11 is 1.94. The summed E-state index contributed by atoms with van der Waals surface area (Å²) in [4.78, 5) is 11.2. The quantitative estimate of drug-likeness (QED) is 0.836. The number of aromatic nitrogens is 2. The Morgan fingerprint density at radius 1 is 1.63 bits per heavy atom. The molecule has 0 radical (unpaired) electrons. The highest BCUT2D eigenvalue weighted by Gasteiger charge is 2.41. The van der Waals surface area contributed by atoms with Crippen LogP contribution >= 0.6 is 11.8 Å². The minimum atomic E-state index is -0.575. The first-order chi connectivity index (χ1) is 9.10. The molecule has 7 heteroatoms. The van der Waals surface area contributed by atoms with Gasteiger partial charge in [-0.25, -0.2) is 0 Å². The zero-order chi connectivity index (χ0) is 13.5. The zero-order valence-corrected chi connectivity index (χ0v) is 11.5. The van der Waals surface area contributed by atoms with E-state index in [1.54, 1.807) is 10.9 Å². The van der Waals surface area contributed by atoms with Gasteiger partial charge in [-0.1, -0.05) is 0 Å². The van der Waals surface area contributed by atoms with Gasteiger partial charge in [0.25, 0.3) is 5.91 Å². The summed E-state index contributed by atoms with van der Waals surface area (Å²) in [6.07, 6.45) is 4.63. The van der Waals surface area contributed by atoms with Crippen molar-refractivity contribution >= 4 is 23.4 Å². The summed E-state index contributed by atoms with van der Waals surface area (Å²) in [6.45, 7) is 0.733. The second-order valence-electron chi connectivity index (χ2n) is 5.26. The molecule has 3 rings (SSSR count). The van der Waals surface area contributed by atoms with Crippen LogP contribution in [-0.4, -0.2) is 39.4 Å². The maximum absolute atomic E-state index is 11.2. The maximum Gasteiger partial charge on any atom is 0.271 e. The first-order valence-corrected chi connectivity index (χ1v) is 7.61. The van der Waals surface area contributed by atoms with Gasteiger partial charge in [0, 0.05) is 18.6 Å². The Labute approximate surface area is 115 Å². The van der Waals surface area contributed by atoms with Crippen LogP contribution < -0.4 is 11.5 Å². The molecular formula is C12H18N4O2S. The van der Waals surface area contributed by atoms with Crippen molar-refractivity contribution in [3.63, 3.8) is 0 Å². The van der Waals surface area contributed by atoms with Crippen LogP contribution in [0.1, 0.15) is 35.8 Å². The molecule has 4 N–H and O–H groups in total. The molecule has 0 bridgehead atoms. The number of hydrogen-bond acceptors (Lipinski definition) is 5. The van der Waals surface area contributed by atoms with Crippen molar-refractivity contribution in [2.75, 3.05) is 23.8 Å². The summed E-state index contributed by atoms with van der Waals surface area (Å²) in [5.74, 6) is 1.62. The number of nitrogens with two attached hydrogens (primary N) is 2. The van der Waals surface area contributed by atoms with Gasteiger partial charge in [-0.2, -0.15) is 16.9 Å². The summed E-state index contributed by atoms with van der Waals surface area (Å²) < 4.78 is 7.77. The molecule has 2 fully saturated rings. The Balaban J connectivity index is 1.82. The molecule has 2 aliphatic rings. The number of carbonyl (C=O) groups is 1. The van der Waals surface area contributed by atoms with E-state index in [1.807, 2.05) is 11.8 Å². The van der Waals surface area contributed by atoms with Crippen LogP contribution in [0.2, 0.25) is 0 Å². The first-order valence-electron chi connectivity index (χ1n) is 6.46. The first kappa shape index (κ1) is 12.8. The van der Waals surface area contributed by atoms with E-state index in [2.05, 4.69) is 5.10 Å². The molecule has 1 aromatic rings. The van der Waals surface area contributed by atoms with E-state index < -0.39 is 5.91 Å². The van der Waals surface area contributed by atoms with Crippen LogP contribution in [0.15, 0.2) is 6.20 Å². The number of carbonyl (C=O) groups excluding carboxylic acids is 1. The lowest BCUT2D eigenvalue weighted by atomic mass is 9.90. The van der Waals surface area contributed by atoms with Gasteiger partial charge < -0.3 is 16.2 Å². The predicted octanol–water partition coefficient (Wildman–Crippen LogP) is 0.791. The Morgan fingerprint density at radius 2 is 2.47 bits per heavy atom. The second kappa shape index (κ2) is 4.72. The van der Waals surface area contributed by atoms with Crippen molar-refractivity contribution in [3.8, 4) is 0 Å². The molecule has 2 saturated heterocycles. The molecule has 3 heterocycles. The molecule has 6 nitrogen and oxygen atoms in total. The average molecular weight is 282 g/mol. The summed E-state index contributed by atoms with van der Waals surface area (Å²) in [7, 11) is 0. The number of ether oxygens (including phenoxy) is 1. The predicted molar refractivity (Wildman–Crippen MR) is 74.1 cm³/mol. The number of nitrogen functional groups attached to an aromatic ring is 1. The van der Waals surface area contributed by atoms with Gasteiger partial charge >= 0.3 is 0 Å². The van der Waals surface area contributed by atoms with Crippen molar-refractivity contribution in [2.45, 2.75) is 30.9 Å². The number of primary amides is 1. The van der Waals surface area contributed by atoms with Crippen LogP contribution in [0.4, 0.5) is 5.69 Å². The van der Waals surface area contributed by atoms with Crippen molar-refractivity contribution in [1.82, 2.24) is 9.78 Å². The minimum Gasteiger partial charge on any atom is -0.396 e. The van der Waals surface area contributed by atoms with Crippen LogP contribution in [0, 0.1) is 0 Å². The zero-order valence-electron chi connectivity index (χ0n) is 10.7. The third kappa shape index (κ3) is 2.32. The van der Waals surface area contributed by atoms with Crippen molar-refractivity contribution in [1.29, 1.82) is 0 Å². The normalized spacial score (nSPS) is 30.8. The average Bonchev–Trinajstić information content (AvgIpc) is 2.97. The molecule has 19 heavy (non-hydrogen) atoms. The monoisotopic (exact) mass is 282 g/mol. The topological polar surface area (TPSA) is 96.2 Å². The molecule has 2 unspecified atom stereocenters. The molecule has 1 spiro atoms. The number of anilines is 1. The Morgan fingerprint density at radius 3 is 3.11 bits per heavy atom. The Bertz CT molecular complexity index is 496. The van der Waals surface area contributed by atoms with Gasteiger partial charge in [0.15, 0.2) is 5.69 Å². The van der Waals surface area contributed by atoms with E-state index in [0.29, 0.717) is 5.69 Å². The Hall–Kier alpha value is -1.21. The molecule has 2 atom stereocenters. The van der Waals surface area contributed by atoms with Gasteiger partial charge in [-0.15, -0.1) is 0 Å². The minimum absolute atomic E-state index is 0.0127. The van der Waals surface area contributed by atoms with Crippen LogP contribution in [0.5, 0.6) is 0 Å². The van der Waals surface area contributed by atoms with Crippen LogP contribution in [0.25, 0.3) is 0 Å². The van der Waals surface area contributed by atoms with Gasteiger partial charge in [0.05, 0.1) is 17.3 Å². The number of rotatable bonds is 2. The number of amides is 1. The molecule has 0 aliphatic carbocycles. The molecule has 0 saturated carbocycles. The number of hydrogen-bond donors (Lipinski definition) is 2. The summed E-state index contributed by atoms with van der Waals surface area (Å²) in [5.41, 5.74) is 11.5. The summed E-state index contributed by atoms with van der Waals surface area (Å²) in [6, 6.07) is 0.239. The lowest BCUT2D eigenvalue weighted by molar-refractivity contribution is -0.0778. The van der Waals surface area contributed by atoms with Crippen LogP contribution in [0.3, 0.4) is 0 Å². The van der Waals surface area contributed by atoms with Crippen LogP contribution in [-0.2, 0) is 4.74 Å². The van der Waals surface area contributed by atoms with Gasteiger partial charge in [0.2, 0.25) is 0 Å². The molecule has 1 amide bonds. The SMILES string of the molecule is NC(=O)c1nn(C2CCOC3(CCSC3)C2)cc1N. The van der Waals surface area contributed by atoms with Crippen molar-refractivity contribution in [3.05, 3.63) is 11.9 Å². The highest BCUT2D eigenvalue weighted by atomic mass is 32.2. The van der Waals surface area contributed by atoms with E-state index in [4.69, 9.17) is 16.2 Å². The fourth-order valence-electron chi connectivity index (χ4n) is 2.88. The van der Waals surface area contributed by atoms with Gasteiger partial charge in [-0.3, -0.25) is 9.48 Å². The maximum atomic E-state index is 11.2. The van der Waals surface area contributed by atoms with E-state index in [0.717, 1.165) is 37.4 Å². The fourth-order valence-corrected chi connectivity index (χ4v) is 4.25. The van der Waals surface area contributed by atoms with Crippen molar-refractivity contribution < 1.29 is 9.53 Å². The summed E-state index contributed by atoms with van der Waals surface area (Å²) in [5, 5.41) is 4.24. The van der Waals surface area contributed by atoms with Gasteiger partial charge in [-0.05, 0) is 25.0 Å². The highest BCUT2D eigenvalue weighted by Crippen LogP contribution is 2.41. The number of thioether (sulfide) groups is 1. The molecule has 2 aliphatic heterocycles. The smallest absolute Gasteiger partial charge is 0.271 e. The molecule has 1 aromatic heterocycles. The van der Waals surface area contributed by atoms with E-state index >= 15 is 0 Å². The number of nitrogens with zero attached hydrogens (tertiary/aromatic N) is 2. The lowest BCUT2D eigenvalue weighted by Crippen LogP contribution is -2.40. The Kier molecular flexibility index (Phi) is 3.18. The largest absolute Gasteiger partial charge is 0.396 e. The second-order valence-corrected chi connectivity index (χ2v) is 6.36.